The molecular weight excluding hydrogens is 394 g/mol. The van der Waals surface area contributed by atoms with Crippen LogP contribution in [0.4, 0.5) is 0 Å². The summed E-state index contributed by atoms with van der Waals surface area (Å²) in [5, 5.41) is 0. The van der Waals surface area contributed by atoms with Crippen LogP contribution in [0, 0.1) is 6.92 Å². The van der Waals surface area contributed by atoms with E-state index in [4.69, 9.17) is 9.15 Å². The van der Waals surface area contributed by atoms with Gasteiger partial charge in [-0.25, -0.2) is 4.79 Å². The number of rotatable bonds is 3. The fourth-order valence-electron chi connectivity index (χ4n) is 3.13. The second kappa shape index (κ2) is 6.52. The summed E-state index contributed by atoms with van der Waals surface area (Å²) in [7, 11) is -2.40. The molecule has 4 rings (SSSR count). The number of esters is 1. The monoisotopic (exact) mass is 409 g/mol. The molecule has 1 aromatic carbocycles. The topological polar surface area (TPSA) is 104 Å². The number of hydrogen-bond acceptors (Lipinski definition) is 7. The molecule has 0 radical (unpaired) electrons. The first-order valence-corrected chi connectivity index (χ1v) is 10.6. The summed E-state index contributed by atoms with van der Waals surface area (Å²) in [5.74, 6) is 1.76. The van der Waals surface area contributed by atoms with Gasteiger partial charge in [0, 0.05) is 17.3 Å². The predicted octanol–water partition coefficient (Wildman–Crippen LogP) is 2.68. The Morgan fingerprint density at radius 3 is 2.48 bits per heavy atom. The number of aromatic nitrogens is 1. The zero-order valence-electron chi connectivity index (χ0n) is 15.6. The van der Waals surface area contributed by atoms with E-state index < -0.39 is 27.1 Å². The molecule has 2 heterocycles. The van der Waals surface area contributed by atoms with Gasteiger partial charge in [-0.15, -0.1) is 0 Å². The summed E-state index contributed by atoms with van der Waals surface area (Å²) in [6.45, 7) is 1.48. The highest BCUT2D eigenvalue weighted by atomic mass is 32.2. The second-order valence-corrected chi connectivity index (χ2v) is 9.14. The van der Waals surface area contributed by atoms with Crippen LogP contribution < -0.4 is 4.74 Å². The first-order valence-electron chi connectivity index (χ1n) is 8.51. The van der Waals surface area contributed by atoms with E-state index in [1.807, 2.05) is 0 Å². The Labute approximate surface area is 166 Å². The SMILES string of the molecule is C=S(C)(=O)c1ccc(OC(=O)c2c(C)oc3c2C(=O)c2ncccc2C3=O)cc1. The van der Waals surface area contributed by atoms with Gasteiger partial charge in [0.15, 0.2) is 5.76 Å². The molecule has 1 unspecified atom stereocenters. The van der Waals surface area contributed by atoms with Crippen LogP contribution in [0.25, 0.3) is 0 Å². The van der Waals surface area contributed by atoms with E-state index in [1.165, 1.54) is 37.6 Å². The van der Waals surface area contributed by atoms with Gasteiger partial charge in [-0.05, 0) is 58.7 Å². The lowest BCUT2D eigenvalue weighted by Gasteiger charge is -2.12. The van der Waals surface area contributed by atoms with Crippen LogP contribution >= 0.6 is 0 Å². The summed E-state index contributed by atoms with van der Waals surface area (Å²) in [4.78, 5) is 42.8. The number of nitrogens with zero attached hydrogens (tertiary/aromatic N) is 1. The van der Waals surface area contributed by atoms with Crippen molar-refractivity contribution in [3.8, 4) is 5.75 Å². The van der Waals surface area contributed by atoms with E-state index in [-0.39, 0.29) is 39.7 Å². The number of carbonyl (C=O) groups excluding carboxylic acids is 3. The van der Waals surface area contributed by atoms with Gasteiger partial charge in [0.1, 0.15) is 22.8 Å². The maximum absolute atomic E-state index is 12.9. The molecule has 1 aliphatic rings. The van der Waals surface area contributed by atoms with Crippen molar-refractivity contribution in [1.29, 1.82) is 0 Å². The quantitative estimate of drug-likeness (QED) is 0.291. The number of carbonyl (C=O) groups is 3. The Morgan fingerprint density at radius 1 is 1.14 bits per heavy atom. The minimum absolute atomic E-state index is 0.0302. The van der Waals surface area contributed by atoms with Crippen molar-refractivity contribution in [3.63, 3.8) is 0 Å². The van der Waals surface area contributed by atoms with Crippen molar-refractivity contribution >= 4 is 32.9 Å². The van der Waals surface area contributed by atoms with Crippen LogP contribution in [-0.2, 0) is 9.52 Å². The molecule has 146 valence electrons. The fourth-order valence-corrected chi connectivity index (χ4v) is 3.84. The van der Waals surface area contributed by atoms with Crippen LogP contribution in [0.1, 0.15) is 48.3 Å². The standard InChI is InChI=1S/C21H15NO6S/c1-11-15(21(25)28-12-6-8-13(9-7-12)29(2,3)26)16-19(24)17-14(5-4-10-22-17)18(23)20(16)27-11/h4-10H,2H2,1,3H3. The summed E-state index contributed by atoms with van der Waals surface area (Å²) < 4.78 is 22.8. The first-order chi connectivity index (χ1) is 13.7. The average Bonchev–Trinajstić information content (AvgIpc) is 3.03. The molecule has 2 aromatic heterocycles. The summed E-state index contributed by atoms with van der Waals surface area (Å²) in [6, 6.07) is 9.08. The fraction of sp³-hybridized carbons (Fsp3) is 0.0952. The van der Waals surface area contributed by atoms with E-state index in [0.29, 0.717) is 4.90 Å². The highest BCUT2D eigenvalue weighted by Gasteiger charge is 2.39. The minimum Gasteiger partial charge on any atom is -0.456 e. The molecule has 0 saturated heterocycles. The number of hydrogen-bond donors (Lipinski definition) is 0. The molecule has 0 spiro atoms. The van der Waals surface area contributed by atoms with Crippen LogP contribution in [0.15, 0.2) is 51.9 Å². The lowest BCUT2D eigenvalue weighted by Crippen LogP contribution is -2.23. The highest BCUT2D eigenvalue weighted by Crippen LogP contribution is 2.33. The van der Waals surface area contributed by atoms with Crippen molar-refractivity contribution in [3.05, 3.63) is 76.5 Å². The van der Waals surface area contributed by atoms with Gasteiger partial charge < -0.3 is 9.15 Å². The molecule has 0 bridgehead atoms. The zero-order chi connectivity index (χ0) is 20.9. The van der Waals surface area contributed by atoms with Crippen molar-refractivity contribution < 1.29 is 27.7 Å². The third kappa shape index (κ3) is 3.07. The lowest BCUT2D eigenvalue weighted by molar-refractivity contribution is 0.0729. The van der Waals surface area contributed by atoms with Crippen LogP contribution in [0.2, 0.25) is 0 Å². The van der Waals surface area contributed by atoms with Crippen molar-refractivity contribution in [1.82, 2.24) is 4.98 Å². The summed E-state index contributed by atoms with van der Waals surface area (Å²) >= 11 is 0. The lowest BCUT2D eigenvalue weighted by atomic mass is 9.90. The van der Waals surface area contributed by atoms with E-state index in [0.717, 1.165) is 0 Å². The number of fused-ring (bicyclic) bond motifs is 2. The molecule has 0 fully saturated rings. The molecule has 3 aromatic rings. The molecule has 7 nitrogen and oxygen atoms in total. The number of furan rings is 1. The van der Waals surface area contributed by atoms with E-state index in [9.17, 15) is 18.6 Å². The van der Waals surface area contributed by atoms with Gasteiger partial charge in [-0.3, -0.25) is 18.8 Å². The molecule has 0 saturated carbocycles. The predicted molar refractivity (Wildman–Crippen MR) is 105 cm³/mol. The highest BCUT2D eigenvalue weighted by molar-refractivity contribution is 7.99. The van der Waals surface area contributed by atoms with E-state index in [2.05, 4.69) is 10.9 Å². The Bertz CT molecular complexity index is 1300. The third-order valence-electron chi connectivity index (χ3n) is 4.52. The van der Waals surface area contributed by atoms with Gasteiger partial charge in [0.25, 0.3) is 0 Å². The minimum atomic E-state index is -2.40. The first kappa shape index (κ1) is 18.8. The second-order valence-electron chi connectivity index (χ2n) is 6.66. The Balaban J connectivity index is 1.72. The Morgan fingerprint density at radius 2 is 1.83 bits per heavy atom. The maximum Gasteiger partial charge on any atom is 0.347 e. The van der Waals surface area contributed by atoms with Gasteiger partial charge in [0.2, 0.25) is 11.6 Å². The van der Waals surface area contributed by atoms with Crippen LogP contribution in [0.5, 0.6) is 5.75 Å². The molecule has 1 atom stereocenters. The van der Waals surface area contributed by atoms with Gasteiger partial charge in [0.05, 0.1) is 11.1 Å². The van der Waals surface area contributed by atoms with Gasteiger partial charge in [-0.1, -0.05) is 0 Å². The van der Waals surface area contributed by atoms with Crippen molar-refractivity contribution in [2.75, 3.05) is 6.26 Å². The van der Waals surface area contributed by atoms with Crippen LogP contribution in [0.3, 0.4) is 0 Å². The van der Waals surface area contributed by atoms with Gasteiger partial charge >= 0.3 is 5.97 Å². The number of pyridine rings is 1. The number of aryl methyl sites for hydroxylation is 1. The molecule has 0 N–H and O–H groups in total. The molecule has 0 amide bonds. The Kier molecular flexibility index (Phi) is 4.24. The molecule has 8 heteroatoms. The van der Waals surface area contributed by atoms with Crippen molar-refractivity contribution in [2.45, 2.75) is 11.8 Å². The average molecular weight is 409 g/mol. The summed E-state index contributed by atoms with van der Waals surface area (Å²) in [6.07, 6.45) is 2.90. The third-order valence-corrected chi connectivity index (χ3v) is 5.79. The normalized spacial score (nSPS) is 14.7. The number of benzene rings is 1. The zero-order valence-corrected chi connectivity index (χ0v) is 16.4. The number of ether oxygens (including phenoxy) is 1. The summed E-state index contributed by atoms with van der Waals surface area (Å²) in [5.41, 5.74) is -0.159. The smallest absolute Gasteiger partial charge is 0.347 e. The van der Waals surface area contributed by atoms with Gasteiger partial charge in [-0.2, -0.15) is 0 Å². The van der Waals surface area contributed by atoms with Crippen molar-refractivity contribution in [2.24, 2.45) is 0 Å². The van der Waals surface area contributed by atoms with E-state index >= 15 is 0 Å². The number of ketones is 2. The molecule has 0 aliphatic heterocycles. The molecular formula is C21H15NO6S. The van der Waals surface area contributed by atoms with E-state index in [1.54, 1.807) is 18.2 Å². The Hall–Kier alpha value is -3.52. The van der Waals surface area contributed by atoms with Crippen LogP contribution in [-0.4, -0.2) is 38.9 Å². The maximum atomic E-state index is 12.9. The molecule has 29 heavy (non-hydrogen) atoms. The molecule has 1 aliphatic carbocycles. The largest absolute Gasteiger partial charge is 0.456 e.